The van der Waals surface area contributed by atoms with Crippen molar-refractivity contribution >= 4 is 23.3 Å². The molecule has 2 N–H and O–H groups in total. The SMILES string of the molecule is Cc1ccc(NC(=O)C2CCN(C(=O)CNc3cccc(C(F)(F)F)c3)CC2)nc1. The molecule has 1 aromatic carbocycles. The summed E-state index contributed by atoms with van der Waals surface area (Å²) in [6.45, 7) is 2.64. The molecule has 2 heterocycles. The quantitative estimate of drug-likeness (QED) is 0.774. The number of nitrogens with one attached hydrogen (secondary N) is 2. The molecule has 6 nitrogen and oxygen atoms in total. The summed E-state index contributed by atoms with van der Waals surface area (Å²) in [6.07, 6.45) is -1.72. The van der Waals surface area contributed by atoms with Crippen molar-refractivity contribution in [1.29, 1.82) is 0 Å². The number of likely N-dealkylation sites (tertiary alicyclic amines) is 1. The Hall–Kier alpha value is -3.10. The molecule has 0 radical (unpaired) electrons. The standard InChI is InChI=1S/C21H23F3N4O2/c1-14-5-6-18(26-12-14)27-20(30)15-7-9-28(10-8-15)19(29)13-25-17-4-2-3-16(11-17)21(22,23)24/h2-6,11-12,15,25H,7-10,13H2,1H3,(H,26,27,30). The third-order valence-electron chi connectivity index (χ3n) is 5.01. The van der Waals surface area contributed by atoms with E-state index < -0.39 is 11.7 Å². The zero-order chi connectivity index (χ0) is 21.7. The Labute approximate surface area is 172 Å². The number of halogens is 3. The molecule has 0 atom stereocenters. The summed E-state index contributed by atoms with van der Waals surface area (Å²) in [5, 5.41) is 5.54. The van der Waals surface area contributed by atoms with Gasteiger partial charge in [0.15, 0.2) is 0 Å². The third kappa shape index (κ3) is 5.71. The van der Waals surface area contributed by atoms with Crippen molar-refractivity contribution in [1.82, 2.24) is 9.88 Å². The lowest BCUT2D eigenvalue weighted by Crippen LogP contribution is -2.43. The number of alkyl halides is 3. The average molecular weight is 420 g/mol. The van der Waals surface area contributed by atoms with Crippen LogP contribution in [0.3, 0.4) is 0 Å². The Morgan fingerprint density at radius 2 is 1.90 bits per heavy atom. The number of benzene rings is 1. The fraction of sp³-hybridized carbons (Fsp3) is 0.381. The Morgan fingerprint density at radius 1 is 1.17 bits per heavy atom. The molecule has 1 aromatic heterocycles. The maximum Gasteiger partial charge on any atom is 0.416 e. The lowest BCUT2D eigenvalue weighted by molar-refractivity contribution is -0.137. The second kappa shape index (κ2) is 9.15. The highest BCUT2D eigenvalue weighted by molar-refractivity contribution is 5.92. The van der Waals surface area contributed by atoms with E-state index in [-0.39, 0.29) is 30.0 Å². The van der Waals surface area contributed by atoms with Crippen molar-refractivity contribution in [3.63, 3.8) is 0 Å². The molecule has 1 saturated heterocycles. The van der Waals surface area contributed by atoms with E-state index in [1.54, 1.807) is 17.2 Å². The first kappa shape index (κ1) is 21.6. The van der Waals surface area contributed by atoms with Gasteiger partial charge in [0, 0.05) is 30.9 Å². The Kier molecular flexibility index (Phi) is 6.59. The third-order valence-corrected chi connectivity index (χ3v) is 5.01. The predicted octanol–water partition coefficient (Wildman–Crippen LogP) is 3.70. The number of carbonyl (C=O) groups is 2. The van der Waals surface area contributed by atoms with E-state index in [0.717, 1.165) is 17.7 Å². The maximum absolute atomic E-state index is 12.8. The van der Waals surface area contributed by atoms with Crippen LogP contribution in [0.25, 0.3) is 0 Å². The number of piperidine rings is 1. The Morgan fingerprint density at radius 3 is 2.53 bits per heavy atom. The number of amides is 2. The van der Waals surface area contributed by atoms with Crippen LogP contribution in [0.5, 0.6) is 0 Å². The van der Waals surface area contributed by atoms with Gasteiger partial charge in [-0.1, -0.05) is 12.1 Å². The molecular weight excluding hydrogens is 397 g/mol. The first-order valence-corrected chi connectivity index (χ1v) is 9.65. The van der Waals surface area contributed by atoms with Crippen LogP contribution in [0.15, 0.2) is 42.6 Å². The van der Waals surface area contributed by atoms with E-state index in [2.05, 4.69) is 15.6 Å². The second-order valence-corrected chi connectivity index (χ2v) is 7.30. The first-order chi connectivity index (χ1) is 14.2. The topological polar surface area (TPSA) is 74.3 Å². The van der Waals surface area contributed by atoms with Gasteiger partial charge in [-0.2, -0.15) is 13.2 Å². The van der Waals surface area contributed by atoms with Gasteiger partial charge < -0.3 is 15.5 Å². The number of rotatable bonds is 5. The summed E-state index contributed by atoms with van der Waals surface area (Å²) in [4.78, 5) is 30.6. The summed E-state index contributed by atoms with van der Waals surface area (Å²) >= 11 is 0. The monoisotopic (exact) mass is 420 g/mol. The molecule has 0 spiro atoms. The number of aryl methyl sites for hydroxylation is 1. The van der Waals surface area contributed by atoms with Crippen molar-refractivity contribution in [3.8, 4) is 0 Å². The van der Waals surface area contributed by atoms with Crippen molar-refractivity contribution in [2.45, 2.75) is 25.9 Å². The van der Waals surface area contributed by atoms with E-state index in [4.69, 9.17) is 0 Å². The molecule has 30 heavy (non-hydrogen) atoms. The minimum atomic E-state index is -4.43. The summed E-state index contributed by atoms with van der Waals surface area (Å²) in [6, 6.07) is 8.34. The molecule has 2 aromatic rings. The fourth-order valence-corrected chi connectivity index (χ4v) is 3.26. The largest absolute Gasteiger partial charge is 0.416 e. The maximum atomic E-state index is 12.8. The Bertz CT molecular complexity index is 892. The van der Waals surface area contributed by atoms with E-state index in [0.29, 0.717) is 31.7 Å². The van der Waals surface area contributed by atoms with Crippen molar-refractivity contribution in [2.24, 2.45) is 5.92 Å². The number of aromatic nitrogens is 1. The number of pyridine rings is 1. The lowest BCUT2D eigenvalue weighted by Gasteiger charge is -2.31. The van der Waals surface area contributed by atoms with Gasteiger partial charge >= 0.3 is 6.18 Å². The van der Waals surface area contributed by atoms with Crippen LogP contribution < -0.4 is 10.6 Å². The van der Waals surface area contributed by atoms with Gasteiger partial charge in [0.1, 0.15) is 5.82 Å². The van der Waals surface area contributed by atoms with Crippen molar-refractivity contribution in [3.05, 3.63) is 53.7 Å². The van der Waals surface area contributed by atoms with Gasteiger partial charge in [-0.3, -0.25) is 9.59 Å². The van der Waals surface area contributed by atoms with E-state index >= 15 is 0 Å². The van der Waals surface area contributed by atoms with Gasteiger partial charge in [-0.05, 0) is 49.6 Å². The zero-order valence-electron chi connectivity index (χ0n) is 16.5. The molecule has 3 rings (SSSR count). The molecule has 0 bridgehead atoms. The van der Waals surface area contributed by atoms with E-state index in [1.807, 2.05) is 13.0 Å². The van der Waals surface area contributed by atoms with Crippen LogP contribution in [0.1, 0.15) is 24.0 Å². The molecule has 2 amide bonds. The molecule has 0 aliphatic carbocycles. The fourth-order valence-electron chi connectivity index (χ4n) is 3.26. The highest BCUT2D eigenvalue weighted by Gasteiger charge is 2.31. The van der Waals surface area contributed by atoms with Gasteiger partial charge in [0.25, 0.3) is 0 Å². The van der Waals surface area contributed by atoms with Crippen LogP contribution in [-0.4, -0.2) is 41.3 Å². The number of hydrogen-bond donors (Lipinski definition) is 2. The number of anilines is 2. The van der Waals surface area contributed by atoms with Gasteiger partial charge in [0.05, 0.1) is 12.1 Å². The van der Waals surface area contributed by atoms with Crippen LogP contribution in [0.4, 0.5) is 24.7 Å². The number of carbonyl (C=O) groups excluding carboxylic acids is 2. The first-order valence-electron chi connectivity index (χ1n) is 9.65. The van der Waals surface area contributed by atoms with E-state index in [9.17, 15) is 22.8 Å². The minimum Gasteiger partial charge on any atom is -0.376 e. The molecule has 0 unspecified atom stereocenters. The lowest BCUT2D eigenvalue weighted by atomic mass is 9.96. The molecule has 1 fully saturated rings. The molecule has 160 valence electrons. The number of nitrogens with zero attached hydrogens (tertiary/aromatic N) is 2. The van der Waals surface area contributed by atoms with Crippen LogP contribution in [0, 0.1) is 12.8 Å². The van der Waals surface area contributed by atoms with E-state index in [1.165, 1.54) is 12.1 Å². The predicted molar refractivity (Wildman–Crippen MR) is 107 cm³/mol. The zero-order valence-corrected chi connectivity index (χ0v) is 16.5. The molecule has 1 aliphatic rings. The highest BCUT2D eigenvalue weighted by atomic mass is 19.4. The highest BCUT2D eigenvalue weighted by Crippen LogP contribution is 2.30. The molecule has 9 heteroatoms. The van der Waals surface area contributed by atoms with Gasteiger partial charge in [-0.15, -0.1) is 0 Å². The van der Waals surface area contributed by atoms with Crippen LogP contribution in [0.2, 0.25) is 0 Å². The molecule has 0 saturated carbocycles. The number of hydrogen-bond acceptors (Lipinski definition) is 4. The van der Waals surface area contributed by atoms with Gasteiger partial charge in [-0.25, -0.2) is 4.98 Å². The van der Waals surface area contributed by atoms with Crippen molar-refractivity contribution in [2.75, 3.05) is 30.3 Å². The summed E-state index contributed by atoms with van der Waals surface area (Å²) in [5.74, 6) is -0.0602. The Balaban J connectivity index is 1.46. The van der Waals surface area contributed by atoms with Crippen LogP contribution >= 0.6 is 0 Å². The normalized spacial score (nSPS) is 15.0. The second-order valence-electron chi connectivity index (χ2n) is 7.30. The summed E-state index contributed by atoms with van der Waals surface area (Å²) < 4.78 is 38.3. The average Bonchev–Trinajstić information content (AvgIpc) is 2.73. The molecule has 1 aliphatic heterocycles. The van der Waals surface area contributed by atoms with Gasteiger partial charge in [0.2, 0.25) is 11.8 Å². The van der Waals surface area contributed by atoms with Crippen LogP contribution in [-0.2, 0) is 15.8 Å². The summed E-state index contributed by atoms with van der Waals surface area (Å²) in [7, 11) is 0. The smallest absolute Gasteiger partial charge is 0.376 e. The summed E-state index contributed by atoms with van der Waals surface area (Å²) in [5.41, 5.74) is 0.464. The molecular formula is C21H23F3N4O2. The minimum absolute atomic E-state index is 0.106. The van der Waals surface area contributed by atoms with Crippen molar-refractivity contribution < 1.29 is 22.8 Å².